The fraction of sp³-hybridized carbons (Fsp3) is 0.364. The summed E-state index contributed by atoms with van der Waals surface area (Å²) in [5.74, 6) is -0.111. The van der Waals surface area contributed by atoms with Crippen LogP contribution in [-0.4, -0.2) is 18.9 Å². The Kier molecular flexibility index (Phi) is 5.46. The standard InChI is InChI=1S/C11H13BrF3N3O/c1-2-5-17-10(16)18-7-3-4-9(8(12)6-7)19-11(13,14)15/h3-4,6H,2,5H2,1H3,(H3,16,17,18). The average molecular weight is 340 g/mol. The van der Waals surface area contributed by atoms with Gasteiger partial charge >= 0.3 is 6.36 Å². The summed E-state index contributed by atoms with van der Waals surface area (Å²) < 4.78 is 40.2. The van der Waals surface area contributed by atoms with Crippen LogP contribution in [0.1, 0.15) is 13.3 Å². The lowest BCUT2D eigenvalue weighted by atomic mass is 10.3. The Morgan fingerprint density at radius 3 is 2.68 bits per heavy atom. The molecule has 0 spiro atoms. The van der Waals surface area contributed by atoms with Gasteiger partial charge in [-0.3, -0.25) is 4.99 Å². The van der Waals surface area contributed by atoms with Crippen LogP contribution in [0.25, 0.3) is 0 Å². The molecule has 0 radical (unpaired) electrons. The van der Waals surface area contributed by atoms with Crippen LogP contribution in [0.2, 0.25) is 0 Å². The number of nitrogens with two attached hydrogens (primary N) is 1. The molecule has 0 aromatic heterocycles. The van der Waals surface area contributed by atoms with E-state index in [1.54, 1.807) is 0 Å². The van der Waals surface area contributed by atoms with Crippen molar-refractivity contribution >= 4 is 27.6 Å². The third-order valence-electron chi connectivity index (χ3n) is 1.94. The van der Waals surface area contributed by atoms with Gasteiger partial charge in [-0.2, -0.15) is 0 Å². The molecule has 0 unspecified atom stereocenters. The highest BCUT2D eigenvalue weighted by Gasteiger charge is 2.31. The molecule has 0 aliphatic heterocycles. The van der Waals surface area contributed by atoms with Gasteiger partial charge in [0, 0.05) is 12.2 Å². The van der Waals surface area contributed by atoms with E-state index in [0.717, 1.165) is 6.42 Å². The number of nitrogens with one attached hydrogen (secondary N) is 1. The van der Waals surface area contributed by atoms with E-state index in [4.69, 9.17) is 5.73 Å². The second kappa shape index (κ2) is 6.65. The number of hydrogen-bond acceptors (Lipinski definition) is 2. The molecule has 106 valence electrons. The van der Waals surface area contributed by atoms with Gasteiger partial charge in [-0.15, -0.1) is 13.2 Å². The summed E-state index contributed by atoms with van der Waals surface area (Å²) in [5, 5.41) is 2.77. The molecule has 0 bridgehead atoms. The maximum absolute atomic E-state index is 12.1. The zero-order valence-electron chi connectivity index (χ0n) is 10.1. The topological polar surface area (TPSA) is 59.6 Å². The van der Waals surface area contributed by atoms with Crippen LogP contribution in [-0.2, 0) is 0 Å². The second-order valence-electron chi connectivity index (χ2n) is 3.58. The van der Waals surface area contributed by atoms with E-state index in [1.165, 1.54) is 18.2 Å². The van der Waals surface area contributed by atoms with Crippen molar-refractivity contribution in [3.63, 3.8) is 0 Å². The first-order valence-electron chi connectivity index (χ1n) is 5.44. The summed E-state index contributed by atoms with van der Waals surface area (Å²) in [6, 6.07) is 4.03. The van der Waals surface area contributed by atoms with E-state index in [-0.39, 0.29) is 16.2 Å². The van der Waals surface area contributed by atoms with E-state index in [9.17, 15) is 13.2 Å². The third-order valence-corrected chi connectivity index (χ3v) is 2.56. The maximum atomic E-state index is 12.1. The number of halogens is 4. The molecule has 3 N–H and O–H groups in total. The summed E-state index contributed by atoms with van der Waals surface area (Å²) >= 11 is 3.00. The van der Waals surface area contributed by atoms with E-state index in [0.29, 0.717) is 12.2 Å². The monoisotopic (exact) mass is 339 g/mol. The summed E-state index contributed by atoms with van der Waals surface area (Å²) in [7, 11) is 0. The number of rotatable bonds is 4. The molecule has 1 rings (SSSR count). The molecule has 0 aliphatic rings. The van der Waals surface area contributed by atoms with Crippen LogP contribution in [0, 0.1) is 0 Å². The number of ether oxygens (including phenoxy) is 1. The van der Waals surface area contributed by atoms with E-state index < -0.39 is 6.36 Å². The van der Waals surface area contributed by atoms with Crippen LogP contribution in [0.4, 0.5) is 18.9 Å². The Morgan fingerprint density at radius 1 is 1.47 bits per heavy atom. The Balaban J connectivity index is 2.77. The van der Waals surface area contributed by atoms with Gasteiger partial charge in [-0.25, -0.2) is 0 Å². The second-order valence-corrected chi connectivity index (χ2v) is 4.44. The van der Waals surface area contributed by atoms with Crippen LogP contribution < -0.4 is 15.8 Å². The van der Waals surface area contributed by atoms with Crippen molar-refractivity contribution in [2.24, 2.45) is 10.7 Å². The minimum Gasteiger partial charge on any atom is -0.405 e. The van der Waals surface area contributed by atoms with Gasteiger partial charge in [0.25, 0.3) is 0 Å². The van der Waals surface area contributed by atoms with Gasteiger partial charge in [-0.1, -0.05) is 6.92 Å². The van der Waals surface area contributed by atoms with Gasteiger partial charge < -0.3 is 15.8 Å². The van der Waals surface area contributed by atoms with Crippen LogP contribution in [0.3, 0.4) is 0 Å². The fourth-order valence-electron chi connectivity index (χ4n) is 1.21. The normalized spacial score (nSPS) is 12.4. The smallest absolute Gasteiger partial charge is 0.405 e. The summed E-state index contributed by atoms with van der Waals surface area (Å²) in [6.45, 7) is 2.53. The summed E-state index contributed by atoms with van der Waals surface area (Å²) in [6.07, 6.45) is -3.87. The number of hydrogen-bond donors (Lipinski definition) is 2. The molecule has 0 saturated carbocycles. The SMILES string of the molecule is CCCN=C(N)Nc1ccc(OC(F)(F)F)c(Br)c1. The number of benzene rings is 1. The highest BCUT2D eigenvalue weighted by molar-refractivity contribution is 9.10. The predicted molar refractivity (Wildman–Crippen MR) is 71.2 cm³/mol. The highest BCUT2D eigenvalue weighted by Crippen LogP contribution is 2.32. The van der Waals surface area contributed by atoms with Crippen LogP contribution >= 0.6 is 15.9 Å². The fourth-order valence-corrected chi connectivity index (χ4v) is 1.67. The van der Waals surface area contributed by atoms with Crippen LogP contribution in [0.15, 0.2) is 27.7 Å². The number of anilines is 1. The number of nitrogens with zero attached hydrogens (tertiary/aromatic N) is 1. The number of guanidine groups is 1. The van der Waals surface area contributed by atoms with Gasteiger partial charge in [-0.05, 0) is 40.5 Å². The van der Waals surface area contributed by atoms with Gasteiger partial charge in [0.05, 0.1) is 4.47 Å². The summed E-state index contributed by atoms with van der Waals surface area (Å²) in [4.78, 5) is 4.01. The molecule has 0 atom stereocenters. The first-order chi connectivity index (χ1) is 8.81. The van der Waals surface area contributed by atoms with Crippen molar-refractivity contribution in [2.75, 3.05) is 11.9 Å². The molecule has 0 aliphatic carbocycles. The molecule has 0 heterocycles. The average Bonchev–Trinajstić information content (AvgIpc) is 2.28. The van der Waals surface area contributed by atoms with Crippen molar-refractivity contribution in [1.82, 2.24) is 0 Å². The van der Waals surface area contributed by atoms with Gasteiger partial charge in [0.1, 0.15) is 5.75 Å². The highest BCUT2D eigenvalue weighted by atomic mass is 79.9. The zero-order valence-corrected chi connectivity index (χ0v) is 11.7. The number of aliphatic imine (C=N–C) groups is 1. The van der Waals surface area contributed by atoms with Crippen molar-refractivity contribution in [2.45, 2.75) is 19.7 Å². The van der Waals surface area contributed by atoms with Gasteiger partial charge in [0.2, 0.25) is 0 Å². The van der Waals surface area contributed by atoms with Crippen molar-refractivity contribution in [3.8, 4) is 5.75 Å². The largest absolute Gasteiger partial charge is 0.573 e. The lowest BCUT2D eigenvalue weighted by Gasteiger charge is -2.12. The maximum Gasteiger partial charge on any atom is 0.573 e. The first-order valence-corrected chi connectivity index (χ1v) is 6.23. The molecular formula is C11H13BrF3N3O. The lowest BCUT2D eigenvalue weighted by molar-refractivity contribution is -0.274. The molecule has 19 heavy (non-hydrogen) atoms. The molecule has 1 aromatic rings. The molecule has 0 fully saturated rings. The van der Waals surface area contributed by atoms with Crippen molar-refractivity contribution in [1.29, 1.82) is 0 Å². The Hall–Kier alpha value is -1.44. The van der Waals surface area contributed by atoms with Crippen LogP contribution in [0.5, 0.6) is 5.75 Å². The zero-order chi connectivity index (χ0) is 14.5. The van der Waals surface area contributed by atoms with Crippen molar-refractivity contribution in [3.05, 3.63) is 22.7 Å². The Morgan fingerprint density at radius 2 is 2.16 bits per heavy atom. The van der Waals surface area contributed by atoms with E-state index in [1.807, 2.05) is 6.92 Å². The third kappa shape index (κ3) is 5.82. The van der Waals surface area contributed by atoms with E-state index >= 15 is 0 Å². The lowest BCUT2D eigenvalue weighted by Crippen LogP contribution is -2.23. The Labute approximate surface area is 117 Å². The van der Waals surface area contributed by atoms with Crippen molar-refractivity contribution < 1.29 is 17.9 Å². The quantitative estimate of drug-likeness (QED) is 0.652. The molecule has 0 saturated heterocycles. The first kappa shape index (κ1) is 15.6. The van der Waals surface area contributed by atoms with E-state index in [2.05, 4.69) is 31.0 Å². The molecule has 1 aromatic carbocycles. The number of alkyl halides is 3. The molecular weight excluding hydrogens is 327 g/mol. The summed E-state index contributed by atoms with van der Waals surface area (Å²) in [5.41, 5.74) is 6.11. The predicted octanol–water partition coefficient (Wildman–Crippen LogP) is 3.48. The van der Waals surface area contributed by atoms with Gasteiger partial charge in [0.15, 0.2) is 5.96 Å². The molecule has 0 amide bonds. The minimum atomic E-state index is -4.72. The molecule has 8 heteroatoms. The minimum absolute atomic E-state index is 0.165. The molecule has 4 nitrogen and oxygen atoms in total. The Bertz CT molecular complexity index is 463.